The summed E-state index contributed by atoms with van der Waals surface area (Å²) in [4.78, 5) is 2.52. The van der Waals surface area contributed by atoms with Crippen molar-refractivity contribution < 1.29 is 9.47 Å². The lowest BCUT2D eigenvalue weighted by Gasteiger charge is -2.35. The Hall–Kier alpha value is -1.54. The zero-order chi connectivity index (χ0) is 17.2. The Kier molecular flexibility index (Phi) is 8.11. The fourth-order valence-corrected chi connectivity index (χ4v) is 3.19. The van der Waals surface area contributed by atoms with Crippen molar-refractivity contribution in [3.63, 3.8) is 0 Å². The summed E-state index contributed by atoms with van der Waals surface area (Å²) < 4.78 is 11.3. The number of terminal acetylenes is 1. The zero-order valence-electron chi connectivity index (χ0n) is 15.0. The van der Waals surface area contributed by atoms with Crippen molar-refractivity contribution in [2.45, 2.75) is 45.4 Å². The second-order valence-electron chi connectivity index (χ2n) is 6.50. The van der Waals surface area contributed by atoms with E-state index in [0.717, 1.165) is 44.0 Å². The second kappa shape index (κ2) is 10.4. The summed E-state index contributed by atoms with van der Waals surface area (Å²) in [5.41, 5.74) is 1.16. The van der Waals surface area contributed by atoms with Gasteiger partial charge in [0.2, 0.25) is 0 Å². The standard InChI is InChI=1S/C20H30N2O2/c1-4-13-23-20-10-6-5-9-19(20)14-21-11-7-8-12-22-15-17(2)24-18(3)16-22/h1,5-6,9-10,17-18,21H,7-8,11-16H2,2-3H3. The Morgan fingerprint density at radius 2 is 2.00 bits per heavy atom. The number of rotatable bonds is 9. The maximum atomic E-state index is 5.77. The Morgan fingerprint density at radius 1 is 1.25 bits per heavy atom. The number of para-hydroxylation sites is 1. The van der Waals surface area contributed by atoms with Crippen LogP contribution in [-0.2, 0) is 11.3 Å². The topological polar surface area (TPSA) is 33.7 Å². The first-order valence-electron chi connectivity index (χ1n) is 8.91. The van der Waals surface area contributed by atoms with Gasteiger partial charge in [0.05, 0.1) is 12.2 Å². The summed E-state index contributed by atoms with van der Waals surface area (Å²) in [5, 5.41) is 3.50. The molecule has 0 saturated carbocycles. The first-order chi connectivity index (χ1) is 11.7. The predicted molar refractivity (Wildman–Crippen MR) is 98.2 cm³/mol. The summed E-state index contributed by atoms with van der Waals surface area (Å²) in [5.74, 6) is 3.38. The van der Waals surface area contributed by atoms with Crippen LogP contribution in [0.3, 0.4) is 0 Å². The number of nitrogens with zero attached hydrogens (tertiary/aromatic N) is 1. The van der Waals surface area contributed by atoms with Crippen LogP contribution in [0.15, 0.2) is 24.3 Å². The molecule has 2 rings (SSSR count). The second-order valence-corrected chi connectivity index (χ2v) is 6.50. The van der Waals surface area contributed by atoms with Gasteiger partial charge in [0.15, 0.2) is 0 Å². The van der Waals surface area contributed by atoms with Crippen molar-refractivity contribution in [1.82, 2.24) is 10.2 Å². The molecule has 1 aromatic rings. The molecule has 1 N–H and O–H groups in total. The van der Waals surface area contributed by atoms with Crippen LogP contribution in [0, 0.1) is 12.3 Å². The quantitative estimate of drug-likeness (QED) is 0.557. The fraction of sp³-hybridized carbons (Fsp3) is 0.600. The molecule has 0 aliphatic carbocycles. The summed E-state index contributed by atoms with van der Waals surface area (Å²) in [6.45, 7) is 9.71. The first-order valence-corrected chi connectivity index (χ1v) is 8.91. The lowest BCUT2D eigenvalue weighted by molar-refractivity contribution is -0.0681. The first kappa shape index (κ1) is 18.8. The molecule has 24 heavy (non-hydrogen) atoms. The van der Waals surface area contributed by atoms with E-state index in [0.29, 0.717) is 18.8 Å². The number of hydrogen-bond donors (Lipinski definition) is 1. The van der Waals surface area contributed by atoms with Gasteiger partial charge in [-0.15, -0.1) is 6.42 Å². The third kappa shape index (κ3) is 6.52. The van der Waals surface area contributed by atoms with Crippen LogP contribution in [0.2, 0.25) is 0 Å². The number of ether oxygens (including phenoxy) is 2. The molecular formula is C20H30N2O2. The molecule has 1 fully saturated rings. The summed E-state index contributed by atoms with van der Waals surface area (Å²) >= 11 is 0. The fourth-order valence-electron chi connectivity index (χ4n) is 3.19. The molecule has 1 saturated heterocycles. The summed E-state index contributed by atoms with van der Waals surface area (Å²) in [7, 11) is 0. The number of benzene rings is 1. The minimum Gasteiger partial charge on any atom is -0.481 e. The van der Waals surface area contributed by atoms with Crippen molar-refractivity contribution in [2.24, 2.45) is 0 Å². The van der Waals surface area contributed by atoms with E-state index in [1.54, 1.807) is 0 Å². The largest absolute Gasteiger partial charge is 0.481 e. The van der Waals surface area contributed by atoms with Crippen LogP contribution >= 0.6 is 0 Å². The minimum atomic E-state index is 0.313. The van der Waals surface area contributed by atoms with Gasteiger partial charge in [-0.2, -0.15) is 0 Å². The molecule has 1 aliphatic rings. The molecule has 2 atom stereocenters. The summed E-state index contributed by atoms with van der Waals surface area (Å²) in [6.07, 6.45) is 8.35. The van der Waals surface area contributed by atoms with Crippen molar-refractivity contribution in [3.8, 4) is 18.1 Å². The number of unbranched alkanes of at least 4 members (excludes halogenated alkanes) is 1. The van der Waals surface area contributed by atoms with Gasteiger partial charge < -0.3 is 14.8 Å². The third-order valence-corrected chi connectivity index (χ3v) is 4.17. The Bertz CT molecular complexity index is 517. The Morgan fingerprint density at radius 3 is 2.75 bits per heavy atom. The normalized spacial score (nSPS) is 21.4. The third-order valence-electron chi connectivity index (χ3n) is 4.17. The highest BCUT2D eigenvalue weighted by atomic mass is 16.5. The van der Waals surface area contributed by atoms with Crippen molar-refractivity contribution in [1.29, 1.82) is 0 Å². The Balaban J connectivity index is 1.61. The van der Waals surface area contributed by atoms with Gasteiger partial charge >= 0.3 is 0 Å². The highest BCUT2D eigenvalue weighted by molar-refractivity contribution is 5.33. The molecule has 0 amide bonds. The van der Waals surface area contributed by atoms with Crippen LogP contribution in [0.5, 0.6) is 5.75 Å². The van der Waals surface area contributed by atoms with Crippen LogP contribution in [-0.4, -0.2) is 49.9 Å². The smallest absolute Gasteiger partial charge is 0.148 e. The maximum Gasteiger partial charge on any atom is 0.148 e. The predicted octanol–water partition coefficient (Wildman–Crippen LogP) is 2.68. The maximum absolute atomic E-state index is 5.77. The Labute approximate surface area is 146 Å². The van der Waals surface area contributed by atoms with E-state index >= 15 is 0 Å². The highest BCUT2D eigenvalue weighted by Crippen LogP contribution is 2.17. The van der Waals surface area contributed by atoms with Crippen molar-refractivity contribution in [2.75, 3.05) is 32.8 Å². The molecule has 2 unspecified atom stereocenters. The van der Waals surface area contributed by atoms with E-state index in [-0.39, 0.29) is 0 Å². The van der Waals surface area contributed by atoms with Crippen molar-refractivity contribution >= 4 is 0 Å². The lowest BCUT2D eigenvalue weighted by Crippen LogP contribution is -2.45. The van der Waals surface area contributed by atoms with Gasteiger partial charge in [0.1, 0.15) is 12.4 Å². The van der Waals surface area contributed by atoms with Crippen molar-refractivity contribution in [3.05, 3.63) is 29.8 Å². The van der Waals surface area contributed by atoms with E-state index in [2.05, 4.69) is 36.1 Å². The molecule has 0 radical (unpaired) electrons. The van der Waals surface area contributed by atoms with E-state index < -0.39 is 0 Å². The van der Waals surface area contributed by atoms with E-state index in [1.807, 2.05) is 18.2 Å². The van der Waals surface area contributed by atoms with Crippen LogP contribution < -0.4 is 10.1 Å². The summed E-state index contributed by atoms with van der Waals surface area (Å²) in [6, 6.07) is 8.05. The van der Waals surface area contributed by atoms with Crippen LogP contribution in [0.25, 0.3) is 0 Å². The van der Waals surface area contributed by atoms with E-state index in [1.165, 1.54) is 12.8 Å². The van der Waals surface area contributed by atoms with E-state index in [9.17, 15) is 0 Å². The molecule has 4 heteroatoms. The lowest BCUT2D eigenvalue weighted by atomic mass is 10.2. The average molecular weight is 330 g/mol. The highest BCUT2D eigenvalue weighted by Gasteiger charge is 2.21. The van der Waals surface area contributed by atoms with Gasteiger partial charge in [0, 0.05) is 25.2 Å². The van der Waals surface area contributed by atoms with Gasteiger partial charge in [-0.25, -0.2) is 0 Å². The SMILES string of the molecule is C#CCOc1ccccc1CNCCCCN1CC(C)OC(C)C1. The number of nitrogens with one attached hydrogen (secondary N) is 1. The monoisotopic (exact) mass is 330 g/mol. The van der Waals surface area contributed by atoms with Crippen LogP contribution in [0.4, 0.5) is 0 Å². The molecule has 0 spiro atoms. The zero-order valence-corrected chi connectivity index (χ0v) is 15.0. The molecule has 1 aromatic carbocycles. The number of hydrogen-bond acceptors (Lipinski definition) is 4. The number of morpholine rings is 1. The van der Waals surface area contributed by atoms with Gasteiger partial charge in [-0.05, 0) is 45.8 Å². The molecule has 0 aromatic heterocycles. The van der Waals surface area contributed by atoms with Crippen LogP contribution in [0.1, 0.15) is 32.3 Å². The van der Waals surface area contributed by atoms with Gasteiger partial charge in [-0.3, -0.25) is 4.90 Å². The molecule has 0 bridgehead atoms. The molecular weight excluding hydrogens is 300 g/mol. The van der Waals surface area contributed by atoms with Gasteiger partial charge in [-0.1, -0.05) is 24.1 Å². The average Bonchev–Trinajstić information content (AvgIpc) is 2.56. The molecule has 1 heterocycles. The van der Waals surface area contributed by atoms with Gasteiger partial charge in [0.25, 0.3) is 0 Å². The minimum absolute atomic E-state index is 0.313. The molecule has 132 valence electrons. The molecule has 1 aliphatic heterocycles. The molecule has 4 nitrogen and oxygen atoms in total. The van der Waals surface area contributed by atoms with E-state index in [4.69, 9.17) is 15.9 Å².